The van der Waals surface area contributed by atoms with Gasteiger partial charge in [-0.2, -0.15) is 0 Å². The van der Waals surface area contributed by atoms with Crippen LogP contribution >= 0.6 is 23.2 Å². The molecule has 0 spiro atoms. The van der Waals surface area contributed by atoms with Crippen LogP contribution in [0.25, 0.3) is 11.0 Å². The summed E-state index contributed by atoms with van der Waals surface area (Å²) in [4.78, 5) is 7.58. The van der Waals surface area contributed by atoms with E-state index in [0.29, 0.717) is 16.7 Å². The third-order valence-corrected chi connectivity index (χ3v) is 3.26. The number of nitrogens with one attached hydrogen (secondary N) is 1. The van der Waals surface area contributed by atoms with Gasteiger partial charge >= 0.3 is 0 Å². The first-order valence-corrected chi connectivity index (χ1v) is 6.49. The highest BCUT2D eigenvalue weighted by atomic mass is 35.5. The van der Waals surface area contributed by atoms with E-state index in [1.54, 1.807) is 12.1 Å². The van der Waals surface area contributed by atoms with Crippen molar-refractivity contribution in [3.8, 4) is 5.75 Å². The van der Waals surface area contributed by atoms with Crippen LogP contribution in [0.5, 0.6) is 5.75 Å². The molecule has 0 saturated carbocycles. The van der Waals surface area contributed by atoms with Crippen molar-refractivity contribution in [3.63, 3.8) is 0 Å². The van der Waals surface area contributed by atoms with Gasteiger partial charge in [0.05, 0.1) is 10.5 Å². The number of ether oxygens (including phenoxy) is 1. The van der Waals surface area contributed by atoms with Crippen molar-refractivity contribution < 1.29 is 4.74 Å². The summed E-state index contributed by atoms with van der Waals surface area (Å²) >= 11 is 11.9. The molecular weight excluding hydrogens is 283 g/mol. The number of hydrogen-bond acceptors (Lipinski definition) is 2. The number of para-hydroxylation sites is 1. The molecule has 0 aliphatic carbocycles. The van der Waals surface area contributed by atoms with E-state index in [0.717, 1.165) is 22.6 Å². The number of hydrogen-bond donors (Lipinski definition) is 1. The molecule has 0 amide bonds. The topological polar surface area (TPSA) is 37.9 Å². The molecular formula is C14H10Cl2N2O. The summed E-state index contributed by atoms with van der Waals surface area (Å²) in [5.41, 5.74) is 1.67. The molecule has 1 N–H and O–H groups in total. The van der Waals surface area contributed by atoms with Gasteiger partial charge in [0, 0.05) is 5.02 Å². The van der Waals surface area contributed by atoms with Gasteiger partial charge in [-0.25, -0.2) is 4.98 Å². The molecule has 0 unspecified atom stereocenters. The zero-order valence-corrected chi connectivity index (χ0v) is 11.4. The molecule has 0 aliphatic rings. The highest BCUT2D eigenvalue weighted by Crippen LogP contribution is 2.22. The molecule has 96 valence electrons. The molecule has 0 fully saturated rings. The van der Waals surface area contributed by atoms with Gasteiger partial charge in [0.15, 0.2) is 0 Å². The van der Waals surface area contributed by atoms with Crippen molar-refractivity contribution in [2.45, 2.75) is 6.61 Å². The maximum Gasteiger partial charge on any atom is 0.146 e. The summed E-state index contributed by atoms with van der Waals surface area (Å²) in [6.07, 6.45) is 0. The minimum atomic E-state index is 0.354. The van der Waals surface area contributed by atoms with Gasteiger partial charge in [0.2, 0.25) is 0 Å². The summed E-state index contributed by atoms with van der Waals surface area (Å²) in [6.45, 7) is 0.354. The molecule has 1 heterocycles. The maximum absolute atomic E-state index is 6.07. The number of aromatic nitrogens is 2. The third-order valence-electron chi connectivity index (χ3n) is 2.70. The second-order valence-electron chi connectivity index (χ2n) is 4.06. The predicted octanol–water partition coefficient (Wildman–Crippen LogP) is 4.45. The van der Waals surface area contributed by atoms with E-state index in [-0.39, 0.29) is 0 Å². The monoisotopic (exact) mass is 292 g/mol. The molecule has 3 nitrogen and oxygen atoms in total. The lowest BCUT2D eigenvalue weighted by molar-refractivity contribution is 0.297. The summed E-state index contributed by atoms with van der Waals surface area (Å²) in [5, 5.41) is 1.31. The summed E-state index contributed by atoms with van der Waals surface area (Å²) < 4.78 is 5.62. The Labute approximate surface area is 120 Å². The zero-order valence-electron chi connectivity index (χ0n) is 9.86. The van der Waals surface area contributed by atoms with Crippen LogP contribution in [0.15, 0.2) is 42.5 Å². The number of imidazole rings is 1. The van der Waals surface area contributed by atoms with Crippen LogP contribution in [0.3, 0.4) is 0 Å². The number of aromatic amines is 1. The average molecular weight is 293 g/mol. The number of H-pyrrole nitrogens is 1. The Bertz CT molecular complexity index is 707. The lowest BCUT2D eigenvalue weighted by Crippen LogP contribution is -1.97. The minimum Gasteiger partial charge on any atom is -0.486 e. The third kappa shape index (κ3) is 2.67. The van der Waals surface area contributed by atoms with Crippen molar-refractivity contribution in [1.29, 1.82) is 0 Å². The van der Waals surface area contributed by atoms with Gasteiger partial charge in [-0.1, -0.05) is 29.3 Å². The first-order chi connectivity index (χ1) is 9.22. The minimum absolute atomic E-state index is 0.354. The standard InChI is InChI=1S/C14H10Cl2N2O/c15-9-4-6-10(7-5-9)19-8-13-17-12-3-1-2-11(16)14(12)18-13/h1-7H,8H2,(H,17,18). The van der Waals surface area contributed by atoms with Crippen LogP contribution in [0.1, 0.15) is 5.82 Å². The van der Waals surface area contributed by atoms with Gasteiger partial charge in [-0.05, 0) is 36.4 Å². The Morgan fingerprint density at radius 3 is 2.58 bits per heavy atom. The Kier molecular flexibility index (Phi) is 3.32. The van der Waals surface area contributed by atoms with E-state index in [2.05, 4.69) is 9.97 Å². The molecule has 0 saturated heterocycles. The number of nitrogens with zero attached hydrogens (tertiary/aromatic N) is 1. The second kappa shape index (κ2) is 5.11. The summed E-state index contributed by atoms with van der Waals surface area (Å²) in [7, 11) is 0. The van der Waals surface area contributed by atoms with E-state index in [1.165, 1.54) is 0 Å². The highest BCUT2D eigenvalue weighted by molar-refractivity contribution is 6.34. The van der Waals surface area contributed by atoms with Crippen molar-refractivity contribution in [2.24, 2.45) is 0 Å². The Hall–Kier alpha value is -1.71. The van der Waals surface area contributed by atoms with Crippen molar-refractivity contribution in [1.82, 2.24) is 9.97 Å². The number of halogens is 2. The fourth-order valence-corrected chi connectivity index (χ4v) is 2.14. The van der Waals surface area contributed by atoms with E-state index < -0.39 is 0 Å². The highest BCUT2D eigenvalue weighted by Gasteiger charge is 2.06. The molecule has 3 rings (SSSR count). The summed E-state index contributed by atoms with van der Waals surface area (Å²) in [6, 6.07) is 12.8. The lowest BCUT2D eigenvalue weighted by atomic mass is 10.3. The van der Waals surface area contributed by atoms with Crippen LogP contribution in [-0.4, -0.2) is 9.97 Å². The first-order valence-electron chi connectivity index (χ1n) is 5.74. The SMILES string of the molecule is Clc1ccc(OCc2nc3c(Cl)cccc3[nH]2)cc1. The van der Waals surface area contributed by atoms with Gasteiger partial charge in [0.25, 0.3) is 0 Å². The molecule has 3 aromatic rings. The van der Waals surface area contributed by atoms with E-state index in [4.69, 9.17) is 27.9 Å². The van der Waals surface area contributed by atoms with Gasteiger partial charge in [-0.15, -0.1) is 0 Å². The van der Waals surface area contributed by atoms with Crippen LogP contribution in [0.4, 0.5) is 0 Å². The van der Waals surface area contributed by atoms with Crippen molar-refractivity contribution in [2.75, 3.05) is 0 Å². The molecule has 0 radical (unpaired) electrons. The number of fused-ring (bicyclic) bond motifs is 1. The van der Waals surface area contributed by atoms with Gasteiger partial charge in [0.1, 0.15) is 23.7 Å². The predicted molar refractivity (Wildman–Crippen MR) is 76.9 cm³/mol. The molecule has 0 bridgehead atoms. The molecule has 2 aromatic carbocycles. The normalized spacial score (nSPS) is 10.8. The van der Waals surface area contributed by atoms with Crippen LogP contribution in [0, 0.1) is 0 Å². The van der Waals surface area contributed by atoms with E-state index >= 15 is 0 Å². The maximum atomic E-state index is 6.07. The van der Waals surface area contributed by atoms with Gasteiger partial charge in [-0.3, -0.25) is 0 Å². The van der Waals surface area contributed by atoms with E-state index in [1.807, 2.05) is 30.3 Å². The number of rotatable bonds is 3. The first kappa shape index (κ1) is 12.3. The lowest BCUT2D eigenvalue weighted by Gasteiger charge is -2.03. The molecule has 0 aliphatic heterocycles. The fourth-order valence-electron chi connectivity index (χ4n) is 1.80. The Morgan fingerprint density at radius 1 is 1.05 bits per heavy atom. The van der Waals surface area contributed by atoms with Crippen LogP contribution in [-0.2, 0) is 6.61 Å². The summed E-state index contributed by atoms with van der Waals surface area (Å²) in [5.74, 6) is 1.48. The second-order valence-corrected chi connectivity index (χ2v) is 4.91. The zero-order chi connectivity index (χ0) is 13.2. The quantitative estimate of drug-likeness (QED) is 0.774. The Morgan fingerprint density at radius 2 is 1.84 bits per heavy atom. The van der Waals surface area contributed by atoms with Crippen LogP contribution < -0.4 is 4.74 Å². The van der Waals surface area contributed by atoms with E-state index in [9.17, 15) is 0 Å². The molecule has 0 atom stereocenters. The number of benzene rings is 2. The smallest absolute Gasteiger partial charge is 0.146 e. The fraction of sp³-hybridized carbons (Fsp3) is 0.0714. The molecule has 19 heavy (non-hydrogen) atoms. The molecule has 5 heteroatoms. The van der Waals surface area contributed by atoms with Crippen LogP contribution in [0.2, 0.25) is 10.0 Å². The average Bonchev–Trinajstić information content (AvgIpc) is 2.83. The van der Waals surface area contributed by atoms with Crippen molar-refractivity contribution >= 4 is 34.2 Å². The van der Waals surface area contributed by atoms with Crippen molar-refractivity contribution in [3.05, 3.63) is 58.3 Å². The van der Waals surface area contributed by atoms with Gasteiger partial charge < -0.3 is 9.72 Å². The Balaban J connectivity index is 1.78. The molecule has 1 aromatic heterocycles. The largest absolute Gasteiger partial charge is 0.486 e.